The summed E-state index contributed by atoms with van der Waals surface area (Å²) in [5.74, 6) is 0.949. The van der Waals surface area contributed by atoms with Gasteiger partial charge in [0.2, 0.25) is 5.91 Å². The molecule has 4 heteroatoms. The van der Waals surface area contributed by atoms with E-state index in [0.29, 0.717) is 16.5 Å². The summed E-state index contributed by atoms with van der Waals surface area (Å²) in [6.07, 6.45) is 2.96. The SMILES string of the molecule is NC(=O)/C=C\c1ccc(Oc2ccc(Cl)cc2)cc1. The number of carbonyl (C=O) groups is 1. The molecule has 0 aliphatic rings. The summed E-state index contributed by atoms with van der Waals surface area (Å²) in [5, 5.41) is 0.666. The van der Waals surface area contributed by atoms with Crippen molar-refractivity contribution in [2.75, 3.05) is 0 Å². The third kappa shape index (κ3) is 4.16. The third-order valence-electron chi connectivity index (χ3n) is 2.37. The van der Waals surface area contributed by atoms with Crippen molar-refractivity contribution in [3.05, 3.63) is 65.2 Å². The second kappa shape index (κ2) is 6.07. The molecule has 0 heterocycles. The lowest BCUT2D eigenvalue weighted by Crippen LogP contribution is -2.04. The van der Waals surface area contributed by atoms with Crippen LogP contribution in [0.2, 0.25) is 5.02 Å². The molecule has 0 fully saturated rings. The molecule has 0 unspecified atom stereocenters. The third-order valence-corrected chi connectivity index (χ3v) is 2.62. The molecule has 96 valence electrons. The van der Waals surface area contributed by atoms with E-state index in [4.69, 9.17) is 22.1 Å². The van der Waals surface area contributed by atoms with Gasteiger partial charge >= 0.3 is 0 Å². The maximum atomic E-state index is 10.6. The van der Waals surface area contributed by atoms with E-state index in [0.717, 1.165) is 5.56 Å². The van der Waals surface area contributed by atoms with Crippen LogP contribution in [0.25, 0.3) is 6.08 Å². The molecule has 0 aromatic heterocycles. The average Bonchev–Trinajstić information content (AvgIpc) is 2.40. The molecular weight excluding hydrogens is 262 g/mol. The Kier molecular flexibility index (Phi) is 4.21. The topological polar surface area (TPSA) is 52.3 Å². The van der Waals surface area contributed by atoms with Crippen LogP contribution in [0, 0.1) is 0 Å². The zero-order chi connectivity index (χ0) is 13.7. The van der Waals surface area contributed by atoms with Crippen LogP contribution in [0.1, 0.15) is 5.56 Å². The molecule has 3 nitrogen and oxygen atoms in total. The summed E-state index contributed by atoms with van der Waals surface area (Å²) in [4.78, 5) is 10.6. The van der Waals surface area contributed by atoms with E-state index in [1.54, 1.807) is 30.3 Å². The fraction of sp³-hybridized carbons (Fsp3) is 0. The number of ether oxygens (including phenoxy) is 1. The summed E-state index contributed by atoms with van der Waals surface area (Å²) in [5.41, 5.74) is 5.90. The molecule has 0 saturated heterocycles. The summed E-state index contributed by atoms with van der Waals surface area (Å²) in [6.45, 7) is 0. The van der Waals surface area contributed by atoms with Gasteiger partial charge in [-0.1, -0.05) is 23.7 Å². The highest BCUT2D eigenvalue weighted by Crippen LogP contribution is 2.23. The molecule has 0 radical (unpaired) electrons. The van der Waals surface area contributed by atoms with Crippen molar-refractivity contribution in [1.82, 2.24) is 0 Å². The molecule has 0 saturated carbocycles. The van der Waals surface area contributed by atoms with E-state index in [9.17, 15) is 4.79 Å². The standard InChI is InChI=1S/C15H12ClNO2/c16-12-4-8-14(9-5-12)19-13-6-1-11(2-7-13)3-10-15(17)18/h1-10H,(H2,17,18)/b10-3-. The van der Waals surface area contributed by atoms with Gasteiger partial charge in [0.25, 0.3) is 0 Å². The molecule has 0 aliphatic heterocycles. The normalized spacial score (nSPS) is 10.6. The Balaban J connectivity index is 2.06. The molecular formula is C15H12ClNO2. The number of rotatable bonds is 4. The molecule has 2 N–H and O–H groups in total. The maximum Gasteiger partial charge on any atom is 0.241 e. The Bertz CT molecular complexity index is 589. The number of benzene rings is 2. The van der Waals surface area contributed by atoms with E-state index >= 15 is 0 Å². The molecule has 2 aromatic carbocycles. The van der Waals surface area contributed by atoms with E-state index in [2.05, 4.69) is 0 Å². The monoisotopic (exact) mass is 273 g/mol. The van der Waals surface area contributed by atoms with Crippen LogP contribution in [0.3, 0.4) is 0 Å². The average molecular weight is 274 g/mol. The zero-order valence-corrected chi connectivity index (χ0v) is 10.8. The van der Waals surface area contributed by atoms with Crippen LogP contribution >= 0.6 is 11.6 Å². The van der Waals surface area contributed by atoms with Crippen molar-refractivity contribution in [3.8, 4) is 11.5 Å². The van der Waals surface area contributed by atoms with Gasteiger partial charge in [-0.3, -0.25) is 4.79 Å². The molecule has 2 rings (SSSR count). The van der Waals surface area contributed by atoms with Crippen molar-refractivity contribution in [3.63, 3.8) is 0 Å². The fourth-order valence-corrected chi connectivity index (χ4v) is 1.59. The summed E-state index contributed by atoms with van der Waals surface area (Å²) < 4.78 is 5.64. The number of halogens is 1. The van der Waals surface area contributed by atoms with Gasteiger partial charge in [-0.15, -0.1) is 0 Å². The van der Waals surface area contributed by atoms with E-state index < -0.39 is 5.91 Å². The van der Waals surface area contributed by atoms with Gasteiger partial charge in [-0.05, 0) is 48.0 Å². The first-order chi connectivity index (χ1) is 9.13. The van der Waals surface area contributed by atoms with Gasteiger partial charge in [-0.25, -0.2) is 0 Å². The lowest BCUT2D eigenvalue weighted by molar-refractivity contribution is -0.113. The number of hydrogen-bond acceptors (Lipinski definition) is 2. The van der Waals surface area contributed by atoms with Crippen molar-refractivity contribution >= 4 is 23.6 Å². The Morgan fingerprint density at radius 2 is 1.53 bits per heavy atom. The smallest absolute Gasteiger partial charge is 0.241 e. The van der Waals surface area contributed by atoms with Gasteiger partial charge in [0, 0.05) is 11.1 Å². The molecule has 1 amide bonds. The highest BCUT2D eigenvalue weighted by Gasteiger charge is 1.97. The number of nitrogens with two attached hydrogens (primary N) is 1. The molecule has 0 aliphatic carbocycles. The summed E-state index contributed by atoms with van der Waals surface area (Å²) in [7, 11) is 0. The highest BCUT2D eigenvalue weighted by atomic mass is 35.5. The molecule has 0 spiro atoms. The van der Waals surface area contributed by atoms with Crippen LogP contribution in [0.5, 0.6) is 11.5 Å². The first kappa shape index (κ1) is 13.2. The minimum atomic E-state index is -0.471. The Morgan fingerprint density at radius 1 is 1.00 bits per heavy atom. The molecule has 0 atom stereocenters. The molecule has 19 heavy (non-hydrogen) atoms. The number of hydrogen-bond donors (Lipinski definition) is 1. The minimum absolute atomic E-state index is 0.471. The van der Waals surface area contributed by atoms with Crippen molar-refractivity contribution < 1.29 is 9.53 Å². The van der Waals surface area contributed by atoms with Crippen molar-refractivity contribution in [2.24, 2.45) is 5.73 Å². The Hall–Kier alpha value is -2.26. The quantitative estimate of drug-likeness (QED) is 0.865. The second-order valence-corrected chi connectivity index (χ2v) is 4.30. The van der Waals surface area contributed by atoms with Crippen LogP contribution in [-0.2, 0) is 4.79 Å². The largest absolute Gasteiger partial charge is 0.457 e. The lowest BCUT2D eigenvalue weighted by atomic mass is 10.2. The first-order valence-corrected chi connectivity index (χ1v) is 6.02. The number of carbonyl (C=O) groups excluding carboxylic acids is 1. The lowest BCUT2D eigenvalue weighted by Gasteiger charge is -2.05. The Labute approximate surface area is 116 Å². The van der Waals surface area contributed by atoms with E-state index in [-0.39, 0.29) is 0 Å². The first-order valence-electron chi connectivity index (χ1n) is 5.64. The van der Waals surface area contributed by atoms with E-state index in [1.165, 1.54) is 6.08 Å². The Morgan fingerprint density at radius 3 is 2.05 bits per heavy atom. The van der Waals surface area contributed by atoms with Gasteiger partial charge in [-0.2, -0.15) is 0 Å². The molecule has 2 aromatic rings. The van der Waals surface area contributed by atoms with Gasteiger partial charge < -0.3 is 10.5 Å². The predicted molar refractivity (Wildman–Crippen MR) is 76.2 cm³/mol. The number of amides is 1. The highest BCUT2D eigenvalue weighted by molar-refractivity contribution is 6.30. The van der Waals surface area contributed by atoms with Gasteiger partial charge in [0.05, 0.1) is 0 Å². The van der Waals surface area contributed by atoms with Gasteiger partial charge in [0.1, 0.15) is 11.5 Å². The van der Waals surface area contributed by atoms with Crippen LogP contribution in [0.15, 0.2) is 54.6 Å². The van der Waals surface area contributed by atoms with Crippen molar-refractivity contribution in [2.45, 2.75) is 0 Å². The number of primary amides is 1. The summed E-state index contributed by atoms with van der Waals surface area (Å²) in [6, 6.07) is 14.4. The van der Waals surface area contributed by atoms with Crippen LogP contribution in [0.4, 0.5) is 0 Å². The van der Waals surface area contributed by atoms with Gasteiger partial charge in [0.15, 0.2) is 0 Å². The van der Waals surface area contributed by atoms with Crippen molar-refractivity contribution in [1.29, 1.82) is 0 Å². The van der Waals surface area contributed by atoms with Crippen LogP contribution < -0.4 is 10.5 Å². The van der Waals surface area contributed by atoms with Crippen LogP contribution in [-0.4, -0.2) is 5.91 Å². The second-order valence-electron chi connectivity index (χ2n) is 3.86. The zero-order valence-electron chi connectivity index (χ0n) is 10.0. The predicted octanol–water partition coefficient (Wildman–Crippen LogP) is 3.63. The van der Waals surface area contributed by atoms with E-state index in [1.807, 2.05) is 24.3 Å². The minimum Gasteiger partial charge on any atom is -0.457 e. The summed E-state index contributed by atoms with van der Waals surface area (Å²) >= 11 is 5.79. The maximum absolute atomic E-state index is 10.6. The molecule has 0 bridgehead atoms. The fourth-order valence-electron chi connectivity index (χ4n) is 1.46.